The summed E-state index contributed by atoms with van der Waals surface area (Å²) >= 11 is -3.41. The third-order valence-electron chi connectivity index (χ3n) is 1.68. The Balaban J connectivity index is 3.40. The molecule has 0 amide bonds. The first-order valence-electron chi connectivity index (χ1n) is 3.95. The fourth-order valence-corrected chi connectivity index (χ4v) is 1.59. The number of hydrogen-bond donors (Lipinski definition) is 1. The zero-order valence-electron chi connectivity index (χ0n) is 7.90. The normalized spacial score (nSPS) is 12.9. The number of nitrogens with zero attached hydrogens (tertiary/aromatic N) is 2. The first-order valence-corrected chi connectivity index (χ1v) is 5.01. The Kier molecular flexibility index (Phi) is 3.69. The number of anilines is 1. The molecular formula is C8H4F4N2O2S. The van der Waals surface area contributed by atoms with Crippen LogP contribution in [0.1, 0.15) is 5.56 Å². The molecule has 0 radical (unpaired) electrons. The van der Waals surface area contributed by atoms with Crippen LogP contribution in [0.4, 0.5) is 23.2 Å². The van der Waals surface area contributed by atoms with Gasteiger partial charge < -0.3 is 0 Å². The van der Waals surface area contributed by atoms with E-state index in [0.29, 0.717) is 18.2 Å². The molecule has 4 nitrogen and oxygen atoms in total. The van der Waals surface area contributed by atoms with Crippen LogP contribution in [0, 0.1) is 17.1 Å². The average molecular weight is 268 g/mol. The van der Waals surface area contributed by atoms with E-state index >= 15 is 0 Å². The highest BCUT2D eigenvalue weighted by molar-refractivity contribution is 7.80. The first kappa shape index (κ1) is 13.4. The minimum absolute atomic E-state index is 0.543. The van der Waals surface area contributed by atoms with Crippen LogP contribution in [0.2, 0.25) is 0 Å². The van der Waals surface area contributed by atoms with Crippen molar-refractivity contribution in [2.75, 3.05) is 4.31 Å². The largest absolute Gasteiger partial charge is 0.498 e. The quantitative estimate of drug-likeness (QED) is 0.508. The van der Waals surface area contributed by atoms with Gasteiger partial charge in [0.25, 0.3) is 11.3 Å². The summed E-state index contributed by atoms with van der Waals surface area (Å²) in [6.07, 6.45) is -5.16. The number of halogens is 4. The summed E-state index contributed by atoms with van der Waals surface area (Å²) in [5, 5.41) is 8.55. The summed E-state index contributed by atoms with van der Waals surface area (Å²) in [5.74, 6) is -0.920. The van der Waals surface area contributed by atoms with Gasteiger partial charge in [-0.05, 0) is 18.2 Å². The molecule has 0 bridgehead atoms. The molecule has 0 heterocycles. The fourth-order valence-electron chi connectivity index (χ4n) is 1.08. The van der Waals surface area contributed by atoms with Crippen LogP contribution < -0.4 is 4.31 Å². The zero-order valence-corrected chi connectivity index (χ0v) is 8.72. The second-order valence-corrected chi connectivity index (χ2v) is 3.59. The summed E-state index contributed by atoms with van der Waals surface area (Å²) in [4.78, 5) is 0. The smallest absolute Gasteiger partial charge is 0.289 e. The van der Waals surface area contributed by atoms with E-state index in [4.69, 9.17) is 9.81 Å². The van der Waals surface area contributed by atoms with E-state index in [1.807, 2.05) is 0 Å². The number of benzene rings is 1. The van der Waals surface area contributed by atoms with Gasteiger partial charge in [-0.15, -0.1) is 13.2 Å². The number of nitriles is 1. The maximum atomic E-state index is 12.7. The van der Waals surface area contributed by atoms with Gasteiger partial charge in [0.2, 0.25) is 0 Å². The lowest BCUT2D eigenvalue weighted by Crippen LogP contribution is -2.39. The molecule has 0 spiro atoms. The van der Waals surface area contributed by atoms with Crippen LogP contribution >= 0.6 is 0 Å². The highest BCUT2D eigenvalue weighted by atomic mass is 32.2. The number of hydrogen-bond acceptors (Lipinski definition) is 2. The maximum Gasteiger partial charge on any atom is 0.498 e. The second-order valence-electron chi connectivity index (χ2n) is 2.77. The van der Waals surface area contributed by atoms with Gasteiger partial charge in [-0.1, -0.05) is 0 Å². The number of alkyl halides is 3. The predicted octanol–water partition coefficient (Wildman–Crippen LogP) is 2.16. The Bertz CT molecular complexity index is 497. The monoisotopic (exact) mass is 268 g/mol. The summed E-state index contributed by atoms with van der Waals surface area (Å²) in [5.41, 5.74) is -1.58. The number of rotatable bonds is 2. The topological polar surface area (TPSA) is 64.3 Å². The fraction of sp³-hybridized carbons (Fsp3) is 0.125. The summed E-state index contributed by atoms with van der Waals surface area (Å²) in [7, 11) is 0. The lowest BCUT2D eigenvalue weighted by molar-refractivity contribution is -0.115. The summed E-state index contributed by atoms with van der Waals surface area (Å²) in [6.45, 7) is 0. The van der Waals surface area contributed by atoms with Gasteiger partial charge in [0.1, 0.15) is 11.9 Å². The molecule has 92 valence electrons. The van der Waals surface area contributed by atoms with E-state index in [1.165, 1.54) is 6.07 Å². The molecule has 0 saturated carbocycles. The molecule has 1 aromatic carbocycles. The molecule has 9 heteroatoms. The molecule has 0 aromatic heterocycles. The average Bonchev–Trinajstić information content (AvgIpc) is 2.17. The van der Waals surface area contributed by atoms with Gasteiger partial charge in [0.05, 0.1) is 11.3 Å². The van der Waals surface area contributed by atoms with E-state index in [0.717, 1.165) is 0 Å². The lowest BCUT2D eigenvalue weighted by atomic mass is 10.2. The van der Waals surface area contributed by atoms with Gasteiger partial charge in [-0.2, -0.15) is 9.57 Å². The van der Waals surface area contributed by atoms with Crippen LogP contribution in [-0.4, -0.2) is 15.1 Å². The standard InChI is InChI=1S/C8H4F4N2O2S/c9-6-1-2-7(5(3-6)4-13)14(17(15)16)8(10,11)12/h1-3H,(H,15,16). The van der Waals surface area contributed by atoms with Gasteiger partial charge in [0, 0.05) is 0 Å². The Hall–Kier alpha value is -1.66. The highest BCUT2D eigenvalue weighted by Crippen LogP contribution is 2.32. The van der Waals surface area contributed by atoms with Gasteiger partial charge in [-0.3, -0.25) is 4.55 Å². The third-order valence-corrected chi connectivity index (χ3v) is 2.40. The van der Waals surface area contributed by atoms with E-state index in [1.54, 1.807) is 0 Å². The van der Waals surface area contributed by atoms with Crippen molar-refractivity contribution in [3.8, 4) is 6.07 Å². The molecule has 0 aliphatic rings. The molecule has 0 aliphatic heterocycles. The van der Waals surface area contributed by atoms with Crippen LogP contribution in [0.3, 0.4) is 0 Å². The van der Waals surface area contributed by atoms with Crippen LogP contribution in [-0.2, 0) is 11.3 Å². The summed E-state index contributed by atoms with van der Waals surface area (Å²) < 4.78 is 68.4. The molecule has 17 heavy (non-hydrogen) atoms. The van der Waals surface area contributed by atoms with Crippen molar-refractivity contribution in [1.82, 2.24) is 0 Å². The van der Waals surface area contributed by atoms with Crippen molar-refractivity contribution in [1.29, 1.82) is 5.26 Å². The molecular weight excluding hydrogens is 264 g/mol. The molecule has 0 aliphatic carbocycles. The van der Waals surface area contributed by atoms with Crippen molar-refractivity contribution >= 4 is 17.0 Å². The third kappa shape index (κ3) is 2.92. The van der Waals surface area contributed by atoms with Crippen molar-refractivity contribution in [2.24, 2.45) is 0 Å². The Morgan fingerprint density at radius 3 is 2.41 bits per heavy atom. The van der Waals surface area contributed by atoms with Gasteiger partial charge in [0.15, 0.2) is 0 Å². The molecule has 0 fully saturated rings. The maximum absolute atomic E-state index is 12.7. The van der Waals surface area contributed by atoms with Crippen LogP contribution in [0.25, 0.3) is 0 Å². The molecule has 1 aromatic rings. The van der Waals surface area contributed by atoms with Gasteiger partial charge in [-0.25, -0.2) is 8.60 Å². The minimum atomic E-state index is -5.16. The zero-order chi connectivity index (χ0) is 13.2. The van der Waals surface area contributed by atoms with Crippen molar-refractivity contribution in [2.45, 2.75) is 6.30 Å². The Morgan fingerprint density at radius 2 is 2.00 bits per heavy atom. The lowest BCUT2D eigenvalue weighted by Gasteiger charge is -2.22. The van der Waals surface area contributed by atoms with Crippen molar-refractivity contribution in [3.05, 3.63) is 29.6 Å². The van der Waals surface area contributed by atoms with E-state index in [2.05, 4.69) is 0 Å². The molecule has 1 unspecified atom stereocenters. The van der Waals surface area contributed by atoms with E-state index in [-0.39, 0.29) is 0 Å². The predicted molar refractivity (Wildman–Crippen MR) is 50.4 cm³/mol. The minimum Gasteiger partial charge on any atom is -0.289 e. The van der Waals surface area contributed by atoms with Crippen LogP contribution in [0.5, 0.6) is 0 Å². The SMILES string of the molecule is N#Cc1cc(F)ccc1N(S(=O)O)C(F)(F)F. The Labute approximate surface area is 95.5 Å². The second kappa shape index (κ2) is 4.68. The molecule has 1 atom stereocenters. The van der Waals surface area contributed by atoms with Crippen molar-refractivity contribution < 1.29 is 26.3 Å². The Morgan fingerprint density at radius 1 is 1.41 bits per heavy atom. The molecule has 1 N–H and O–H groups in total. The van der Waals surface area contributed by atoms with E-state index < -0.39 is 38.9 Å². The van der Waals surface area contributed by atoms with Gasteiger partial charge >= 0.3 is 6.30 Å². The highest BCUT2D eigenvalue weighted by Gasteiger charge is 2.42. The first-order chi connectivity index (χ1) is 7.77. The van der Waals surface area contributed by atoms with E-state index in [9.17, 15) is 21.8 Å². The summed E-state index contributed by atoms with van der Waals surface area (Å²) in [6, 6.07) is 3.12. The molecule has 1 rings (SSSR count). The van der Waals surface area contributed by atoms with Crippen molar-refractivity contribution in [3.63, 3.8) is 0 Å². The molecule has 0 saturated heterocycles. The van der Waals surface area contributed by atoms with Crippen LogP contribution in [0.15, 0.2) is 18.2 Å².